The van der Waals surface area contributed by atoms with E-state index in [4.69, 9.17) is 4.74 Å². The van der Waals surface area contributed by atoms with Crippen molar-refractivity contribution < 1.29 is 19.4 Å². The molecular formula is C30H32N2O4. The van der Waals surface area contributed by atoms with Crippen LogP contribution in [-0.2, 0) is 15.0 Å². The van der Waals surface area contributed by atoms with Gasteiger partial charge in [0.1, 0.15) is 11.5 Å². The van der Waals surface area contributed by atoms with Crippen molar-refractivity contribution in [2.24, 2.45) is 0 Å². The second kappa shape index (κ2) is 9.53. The third kappa shape index (κ3) is 4.47. The van der Waals surface area contributed by atoms with Crippen LogP contribution in [0.1, 0.15) is 43.5 Å². The summed E-state index contributed by atoms with van der Waals surface area (Å²) in [6.45, 7) is 6.15. The van der Waals surface area contributed by atoms with Crippen molar-refractivity contribution in [2.45, 2.75) is 32.2 Å². The number of ketones is 1. The van der Waals surface area contributed by atoms with Gasteiger partial charge in [-0.1, -0.05) is 51.1 Å². The Bertz CT molecular complexity index is 1320. The first-order valence-electron chi connectivity index (χ1n) is 11.9. The number of nitrogens with zero attached hydrogens (tertiary/aromatic N) is 2. The van der Waals surface area contributed by atoms with E-state index in [9.17, 15) is 14.7 Å². The van der Waals surface area contributed by atoms with Crippen LogP contribution < -0.4 is 14.5 Å². The maximum Gasteiger partial charge on any atom is 0.300 e. The Balaban J connectivity index is 1.92. The van der Waals surface area contributed by atoms with Crippen LogP contribution in [0.3, 0.4) is 0 Å². The molecule has 1 aliphatic rings. The van der Waals surface area contributed by atoms with Crippen LogP contribution in [0.2, 0.25) is 0 Å². The Morgan fingerprint density at radius 1 is 0.944 bits per heavy atom. The van der Waals surface area contributed by atoms with Crippen molar-refractivity contribution >= 4 is 28.8 Å². The lowest BCUT2D eigenvalue weighted by Gasteiger charge is -2.26. The van der Waals surface area contributed by atoms with Gasteiger partial charge >= 0.3 is 0 Å². The van der Waals surface area contributed by atoms with Crippen LogP contribution in [0, 0.1) is 0 Å². The predicted octanol–water partition coefficient (Wildman–Crippen LogP) is 5.69. The minimum Gasteiger partial charge on any atom is -0.507 e. The van der Waals surface area contributed by atoms with Crippen molar-refractivity contribution in [2.75, 3.05) is 31.0 Å². The lowest BCUT2D eigenvalue weighted by molar-refractivity contribution is -0.132. The maximum atomic E-state index is 13.4. The molecule has 0 spiro atoms. The number of aliphatic hydroxyl groups is 1. The molecule has 0 saturated carbocycles. The first-order valence-corrected chi connectivity index (χ1v) is 11.9. The summed E-state index contributed by atoms with van der Waals surface area (Å²) in [7, 11) is 5.48. The molecule has 3 aromatic rings. The number of rotatable bonds is 5. The highest BCUT2D eigenvalue weighted by Gasteiger charge is 2.47. The lowest BCUT2D eigenvalue weighted by atomic mass is 9.84. The number of Topliss-reactive ketones (excluding diaryl/α,β-unsaturated/α-hetero) is 1. The van der Waals surface area contributed by atoms with Crippen molar-refractivity contribution in [1.82, 2.24) is 0 Å². The molecule has 186 valence electrons. The molecule has 1 N–H and O–H groups in total. The highest BCUT2D eigenvalue weighted by atomic mass is 16.5. The fraction of sp³-hybridized carbons (Fsp3) is 0.267. The van der Waals surface area contributed by atoms with Gasteiger partial charge in [0.15, 0.2) is 0 Å². The quantitative estimate of drug-likeness (QED) is 0.286. The monoisotopic (exact) mass is 484 g/mol. The van der Waals surface area contributed by atoms with Gasteiger partial charge in [0.25, 0.3) is 11.7 Å². The number of methoxy groups -OCH3 is 1. The number of anilines is 2. The molecule has 0 aliphatic carbocycles. The van der Waals surface area contributed by atoms with E-state index in [1.807, 2.05) is 79.7 Å². The molecule has 1 amide bonds. The van der Waals surface area contributed by atoms with Crippen LogP contribution in [-0.4, -0.2) is 38.0 Å². The molecule has 3 aromatic carbocycles. The Labute approximate surface area is 212 Å². The third-order valence-electron chi connectivity index (χ3n) is 6.48. The fourth-order valence-corrected chi connectivity index (χ4v) is 4.56. The number of carbonyl (C=O) groups excluding carboxylic acids is 2. The van der Waals surface area contributed by atoms with E-state index < -0.39 is 17.7 Å². The van der Waals surface area contributed by atoms with Gasteiger partial charge in [0, 0.05) is 36.6 Å². The minimum absolute atomic E-state index is 0.0629. The summed E-state index contributed by atoms with van der Waals surface area (Å²) in [5, 5.41) is 11.5. The average molecular weight is 485 g/mol. The lowest BCUT2D eigenvalue weighted by Crippen LogP contribution is -2.29. The molecule has 4 rings (SSSR count). The number of benzene rings is 3. The Morgan fingerprint density at radius 3 is 2.14 bits per heavy atom. The van der Waals surface area contributed by atoms with Crippen molar-refractivity contribution in [1.29, 1.82) is 0 Å². The number of carbonyl (C=O) groups is 2. The zero-order chi connectivity index (χ0) is 26.2. The Hall–Kier alpha value is -4.06. The van der Waals surface area contributed by atoms with Gasteiger partial charge in [-0.3, -0.25) is 14.5 Å². The molecule has 1 saturated heterocycles. The molecule has 6 nitrogen and oxygen atoms in total. The van der Waals surface area contributed by atoms with E-state index in [0.717, 1.165) is 16.8 Å². The normalized spacial score (nSPS) is 17.4. The first-order chi connectivity index (χ1) is 17.0. The molecule has 1 atom stereocenters. The van der Waals surface area contributed by atoms with Crippen LogP contribution in [0.15, 0.2) is 78.4 Å². The second-order valence-electron chi connectivity index (χ2n) is 10.2. The highest BCUT2D eigenvalue weighted by molar-refractivity contribution is 6.51. The maximum absolute atomic E-state index is 13.4. The van der Waals surface area contributed by atoms with Gasteiger partial charge < -0.3 is 14.7 Å². The van der Waals surface area contributed by atoms with Gasteiger partial charge in [0.05, 0.1) is 18.7 Å². The standard InChI is InChI=1S/C30H32N2O4/c1-30(2,3)23-18-20(12-17-24(23)36-6)27(33)25-26(19-10-8-7-9-11-19)32(29(35)28(25)34)22-15-13-21(14-16-22)31(4)5/h7-18,26,33H,1-6H3/b27-25-. The number of amides is 1. The van der Waals surface area contributed by atoms with Crippen LogP contribution in [0.4, 0.5) is 11.4 Å². The summed E-state index contributed by atoms with van der Waals surface area (Å²) < 4.78 is 5.53. The van der Waals surface area contributed by atoms with Gasteiger partial charge in [-0.25, -0.2) is 0 Å². The SMILES string of the molecule is COc1ccc(/C(O)=C2/C(=O)C(=O)N(c3ccc(N(C)C)cc3)C2c2ccccc2)cc1C(C)(C)C. The second-order valence-corrected chi connectivity index (χ2v) is 10.2. The molecule has 1 aliphatic heterocycles. The number of ether oxygens (including phenoxy) is 1. The van der Waals surface area contributed by atoms with E-state index >= 15 is 0 Å². The van der Waals surface area contributed by atoms with Crippen LogP contribution >= 0.6 is 0 Å². The third-order valence-corrected chi connectivity index (χ3v) is 6.48. The van der Waals surface area contributed by atoms with Crippen LogP contribution in [0.25, 0.3) is 5.76 Å². The molecule has 1 unspecified atom stereocenters. The van der Waals surface area contributed by atoms with Gasteiger partial charge in [-0.2, -0.15) is 0 Å². The summed E-state index contributed by atoms with van der Waals surface area (Å²) in [5.74, 6) is -0.901. The van der Waals surface area contributed by atoms with E-state index in [1.54, 1.807) is 19.2 Å². The number of hydrogen-bond acceptors (Lipinski definition) is 5. The zero-order valence-corrected chi connectivity index (χ0v) is 21.6. The van der Waals surface area contributed by atoms with Gasteiger partial charge in [0.2, 0.25) is 0 Å². The molecule has 1 heterocycles. The van der Waals surface area contributed by atoms with Gasteiger partial charge in [-0.15, -0.1) is 0 Å². The molecule has 0 radical (unpaired) electrons. The van der Waals surface area contributed by atoms with Crippen molar-refractivity contribution in [3.63, 3.8) is 0 Å². The summed E-state index contributed by atoms with van der Waals surface area (Å²) in [5.41, 5.74) is 3.44. The van der Waals surface area contributed by atoms with E-state index in [0.29, 0.717) is 17.0 Å². The largest absolute Gasteiger partial charge is 0.507 e. The molecule has 6 heteroatoms. The molecule has 0 aromatic heterocycles. The van der Waals surface area contributed by atoms with Crippen molar-refractivity contribution in [3.05, 3.63) is 95.1 Å². The molecular weight excluding hydrogens is 452 g/mol. The Kier molecular flexibility index (Phi) is 6.63. The zero-order valence-electron chi connectivity index (χ0n) is 21.6. The summed E-state index contributed by atoms with van der Waals surface area (Å²) in [6.07, 6.45) is 0. The fourth-order valence-electron chi connectivity index (χ4n) is 4.56. The van der Waals surface area contributed by atoms with Gasteiger partial charge in [-0.05, 0) is 53.4 Å². The predicted molar refractivity (Wildman–Crippen MR) is 144 cm³/mol. The highest BCUT2D eigenvalue weighted by Crippen LogP contribution is 2.43. The molecule has 1 fully saturated rings. The molecule has 36 heavy (non-hydrogen) atoms. The topological polar surface area (TPSA) is 70.1 Å². The number of hydrogen-bond donors (Lipinski definition) is 1. The summed E-state index contributed by atoms with van der Waals surface area (Å²) in [4.78, 5) is 30.2. The smallest absolute Gasteiger partial charge is 0.300 e. The average Bonchev–Trinajstić information content (AvgIpc) is 3.13. The first kappa shape index (κ1) is 25.0. The van der Waals surface area contributed by atoms with Crippen molar-refractivity contribution in [3.8, 4) is 5.75 Å². The summed E-state index contributed by atoms with van der Waals surface area (Å²) in [6, 6.07) is 21.3. The van der Waals surface area contributed by atoms with E-state index in [-0.39, 0.29) is 16.7 Å². The summed E-state index contributed by atoms with van der Waals surface area (Å²) >= 11 is 0. The van der Waals surface area contributed by atoms with E-state index in [2.05, 4.69) is 20.8 Å². The molecule has 0 bridgehead atoms. The number of aliphatic hydroxyl groups excluding tert-OH is 1. The van der Waals surface area contributed by atoms with E-state index in [1.165, 1.54) is 4.90 Å². The minimum atomic E-state index is -0.767. The Morgan fingerprint density at radius 2 is 1.58 bits per heavy atom. The van der Waals surface area contributed by atoms with Crippen LogP contribution in [0.5, 0.6) is 5.75 Å².